The number of halogens is 2. The van der Waals surface area contributed by atoms with E-state index in [0.29, 0.717) is 22.8 Å². The molecule has 2 aromatic rings. The van der Waals surface area contributed by atoms with Gasteiger partial charge in [0.2, 0.25) is 5.75 Å². The monoisotopic (exact) mass is 397 g/mol. The minimum absolute atomic E-state index is 0.0285. The van der Waals surface area contributed by atoms with Gasteiger partial charge in [-0.05, 0) is 35.9 Å². The van der Waals surface area contributed by atoms with E-state index in [4.69, 9.17) is 18.9 Å². The van der Waals surface area contributed by atoms with Crippen LogP contribution in [0.5, 0.6) is 28.7 Å². The van der Waals surface area contributed by atoms with Gasteiger partial charge in [-0.15, -0.1) is 0 Å². The van der Waals surface area contributed by atoms with Gasteiger partial charge >= 0.3 is 6.61 Å². The van der Waals surface area contributed by atoms with Gasteiger partial charge in [-0.1, -0.05) is 0 Å². The molecule has 0 bridgehead atoms. The molecule has 28 heavy (non-hydrogen) atoms. The van der Waals surface area contributed by atoms with Crippen molar-refractivity contribution in [2.75, 3.05) is 28.4 Å². The van der Waals surface area contributed by atoms with Gasteiger partial charge in [0, 0.05) is 12.1 Å². The molecule has 0 radical (unpaired) electrons. The maximum absolute atomic E-state index is 12.4. The van der Waals surface area contributed by atoms with Crippen LogP contribution in [0.4, 0.5) is 8.78 Å². The maximum atomic E-state index is 12.4. The molecule has 0 fully saturated rings. The summed E-state index contributed by atoms with van der Waals surface area (Å²) in [6.45, 7) is -2.82. The number of nitrogens with one attached hydrogen (secondary N) is 1. The summed E-state index contributed by atoms with van der Waals surface area (Å²) in [4.78, 5) is 12.4. The lowest BCUT2D eigenvalue weighted by Crippen LogP contribution is -2.23. The number of benzene rings is 2. The first kappa shape index (κ1) is 21.1. The number of hydrogen-bond donors (Lipinski definition) is 1. The van der Waals surface area contributed by atoms with E-state index in [1.165, 1.54) is 46.6 Å². The van der Waals surface area contributed by atoms with Gasteiger partial charge in [0.25, 0.3) is 5.91 Å². The fourth-order valence-electron chi connectivity index (χ4n) is 2.52. The Kier molecular flexibility index (Phi) is 7.25. The molecule has 0 aliphatic heterocycles. The van der Waals surface area contributed by atoms with Crippen LogP contribution in [0.2, 0.25) is 0 Å². The zero-order valence-corrected chi connectivity index (χ0v) is 15.9. The Labute approximate surface area is 161 Å². The second kappa shape index (κ2) is 9.63. The number of hydrogen-bond acceptors (Lipinski definition) is 6. The molecule has 2 aromatic carbocycles. The lowest BCUT2D eigenvalue weighted by molar-refractivity contribution is -0.0512. The first-order chi connectivity index (χ1) is 13.4. The van der Waals surface area contributed by atoms with Crippen molar-refractivity contribution in [3.63, 3.8) is 0 Å². The molecule has 0 saturated carbocycles. The van der Waals surface area contributed by atoms with E-state index in [1.54, 1.807) is 12.1 Å². The molecule has 0 spiro atoms. The van der Waals surface area contributed by atoms with Crippen LogP contribution in [-0.4, -0.2) is 41.0 Å². The molecule has 0 saturated heterocycles. The molecular formula is C19H21F2NO6. The standard InChI is InChI=1S/C19H21F2NO6/c1-24-14-9-12(5-6-13(14)28-19(20)21)18(23)22-10-11-7-15(25-2)17(27-4)16(8-11)26-3/h5-9,19H,10H2,1-4H3,(H,22,23). The van der Waals surface area contributed by atoms with Crippen LogP contribution in [0, 0.1) is 0 Å². The van der Waals surface area contributed by atoms with Crippen LogP contribution >= 0.6 is 0 Å². The number of methoxy groups -OCH3 is 4. The molecule has 0 aliphatic rings. The Bertz CT molecular complexity index is 803. The third-order valence-electron chi connectivity index (χ3n) is 3.82. The van der Waals surface area contributed by atoms with Crippen molar-refractivity contribution in [2.24, 2.45) is 0 Å². The average molecular weight is 397 g/mol. The molecule has 2 rings (SSSR count). The van der Waals surface area contributed by atoms with E-state index in [1.807, 2.05) is 0 Å². The largest absolute Gasteiger partial charge is 0.493 e. The summed E-state index contributed by atoms with van der Waals surface area (Å²) < 4.78 is 49.9. The summed E-state index contributed by atoms with van der Waals surface area (Å²) in [6.07, 6.45) is 0. The number of carbonyl (C=O) groups is 1. The summed E-state index contributed by atoms with van der Waals surface area (Å²) in [5.74, 6) is 0.817. The van der Waals surface area contributed by atoms with Crippen molar-refractivity contribution < 1.29 is 37.3 Å². The molecule has 0 unspecified atom stereocenters. The van der Waals surface area contributed by atoms with Crippen molar-refractivity contribution in [3.05, 3.63) is 41.5 Å². The number of amides is 1. The number of alkyl halides is 2. The van der Waals surface area contributed by atoms with Gasteiger partial charge in [0.15, 0.2) is 23.0 Å². The zero-order chi connectivity index (χ0) is 20.7. The van der Waals surface area contributed by atoms with Gasteiger partial charge in [0.05, 0.1) is 28.4 Å². The molecule has 0 aliphatic carbocycles. The third kappa shape index (κ3) is 4.93. The molecule has 7 nitrogen and oxygen atoms in total. The van der Waals surface area contributed by atoms with E-state index in [2.05, 4.69) is 10.1 Å². The first-order valence-corrected chi connectivity index (χ1v) is 8.13. The smallest absolute Gasteiger partial charge is 0.387 e. The maximum Gasteiger partial charge on any atom is 0.387 e. The van der Waals surface area contributed by atoms with Crippen molar-refractivity contribution in [1.29, 1.82) is 0 Å². The topological polar surface area (TPSA) is 75.3 Å². The summed E-state index contributed by atoms with van der Waals surface area (Å²) >= 11 is 0. The Morgan fingerprint density at radius 2 is 1.50 bits per heavy atom. The lowest BCUT2D eigenvalue weighted by atomic mass is 10.1. The predicted octanol–water partition coefficient (Wildman–Crippen LogP) is 3.25. The summed E-state index contributed by atoms with van der Waals surface area (Å²) in [5, 5.41) is 2.73. The Balaban J connectivity index is 2.16. The second-order valence-corrected chi connectivity index (χ2v) is 5.46. The van der Waals surface area contributed by atoms with Gasteiger partial charge in [0.1, 0.15) is 0 Å². The van der Waals surface area contributed by atoms with Crippen molar-refractivity contribution in [3.8, 4) is 28.7 Å². The third-order valence-corrected chi connectivity index (χ3v) is 3.82. The Morgan fingerprint density at radius 1 is 0.893 bits per heavy atom. The highest BCUT2D eigenvalue weighted by Gasteiger charge is 2.16. The van der Waals surface area contributed by atoms with Crippen LogP contribution in [0.15, 0.2) is 30.3 Å². The van der Waals surface area contributed by atoms with Crippen molar-refractivity contribution >= 4 is 5.91 Å². The van der Waals surface area contributed by atoms with Gasteiger partial charge in [-0.2, -0.15) is 8.78 Å². The van der Waals surface area contributed by atoms with Crippen LogP contribution in [0.3, 0.4) is 0 Å². The fraction of sp³-hybridized carbons (Fsp3) is 0.316. The van der Waals surface area contributed by atoms with Crippen LogP contribution < -0.4 is 29.0 Å². The van der Waals surface area contributed by atoms with E-state index in [-0.39, 0.29) is 23.6 Å². The van der Waals surface area contributed by atoms with Crippen molar-refractivity contribution in [1.82, 2.24) is 5.32 Å². The molecule has 0 atom stereocenters. The lowest BCUT2D eigenvalue weighted by Gasteiger charge is -2.15. The van der Waals surface area contributed by atoms with Crippen molar-refractivity contribution in [2.45, 2.75) is 13.2 Å². The molecule has 0 heterocycles. The number of rotatable bonds is 9. The normalized spacial score (nSPS) is 10.4. The van der Waals surface area contributed by atoms with E-state index < -0.39 is 12.5 Å². The SMILES string of the molecule is COc1cc(C(=O)NCc2cc(OC)c(OC)c(OC)c2)ccc1OC(F)F. The summed E-state index contributed by atoms with van der Waals surface area (Å²) in [5.41, 5.74) is 0.943. The Hall–Kier alpha value is -3.23. The average Bonchev–Trinajstić information content (AvgIpc) is 2.70. The highest BCUT2D eigenvalue weighted by atomic mass is 19.3. The van der Waals surface area contributed by atoms with Crippen LogP contribution in [0.25, 0.3) is 0 Å². The van der Waals surface area contributed by atoms with Crippen LogP contribution in [-0.2, 0) is 6.54 Å². The fourth-order valence-corrected chi connectivity index (χ4v) is 2.52. The second-order valence-electron chi connectivity index (χ2n) is 5.46. The molecule has 152 valence electrons. The van der Waals surface area contributed by atoms with E-state index in [0.717, 1.165) is 0 Å². The van der Waals surface area contributed by atoms with Gasteiger partial charge in [-0.3, -0.25) is 4.79 Å². The quantitative estimate of drug-likeness (QED) is 0.700. The minimum Gasteiger partial charge on any atom is -0.493 e. The Morgan fingerprint density at radius 3 is 2.00 bits per heavy atom. The first-order valence-electron chi connectivity index (χ1n) is 8.13. The van der Waals surface area contributed by atoms with E-state index >= 15 is 0 Å². The highest BCUT2D eigenvalue weighted by molar-refractivity contribution is 5.94. The van der Waals surface area contributed by atoms with Crippen LogP contribution in [0.1, 0.15) is 15.9 Å². The van der Waals surface area contributed by atoms with E-state index in [9.17, 15) is 13.6 Å². The minimum atomic E-state index is -2.99. The van der Waals surface area contributed by atoms with Gasteiger partial charge in [-0.25, -0.2) is 0 Å². The summed E-state index contributed by atoms with van der Waals surface area (Å²) in [6, 6.07) is 7.36. The summed E-state index contributed by atoms with van der Waals surface area (Å²) in [7, 11) is 5.78. The highest BCUT2D eigenvalue weighted by Crippen LogP contribution is 2.38. The molecule has 1 N–H and O–H groups in total. The molecular weight excluding hydrogens is 376 g/mol. The number of carbonyl (C=O) groups excluding carboxylic acids is 1. The molecule has 9 heteroatoms. The number of ether oxygens (including phenoxy) is 5. The molecule has 1 amide bonds. The predicted molar refractivity (Wildman–Crippen MR) is 96.9 cm³/mol. The zero-order valence-electron chi connectivity index (χ0n) is 15.9. The molecule has 0 aromatic heterocycles. The van der Waals surface area contributed by atoms with Gasteiger partial charge < -0.3 is 29.0 Å².